The summed E-state index contributed by atoms with van der Waals surface area (Å²) in [6.07, 6.45) is 3.74. The standard InChI is InChI=1S/C19H17N7O3/c1-28-14-5-3-2-4-13(14)18-23-19(25-24-18)21-15(27)6-7-16-22-17(26-29-16)12-8-10-20-11-9-12/h2-5,8-11H,6-7H2,1H3,(H2,21,23,24,25,27). The molecular formula is C19H17N7O3. The van der Waals surface area contributed by atoms with Crippen molar-refractivity contribution in [1.82, 2.24) is 30.3 Å². The fourth-order valence-corrected chi connectivity index (χ4v) is 2.66. The Balaban J connectivity index is 1.35. The van der Waals surface area contributed by atoms with Gasteiger partial charge in [0.25, 0.3) is 0 Å². The molecule has 0 aliphatic carbocycles. The lowest BCUT2D eigenvalue weighted by atomic mass is 10.2. The van der Waals surface area contributed by atoms with Crippen LogP contribution in [0.1, 0.15) is 12.3 Å². The molecule has 10 nitrogen and oxygen atoms in total. The molecule has 2 N–H and O–H groups in total. The van der Waals surface area contributed by atoms with E-state index in [2.05, 4.69) is 35.6 Å². The van der Waals surface area contributed by atoms with E-state index in [0.29, 0.717) is 29.7 Å². The van der Waals surface area contributed by atoms with Crippen LogP contribution in [0.3, 0.4) is 0 Å². The number of amides is 1. The largest absolute Gasteiger partial charge is 0.496 e. The SMILES string of the molecule is COc1ccccc1-c1nc(NC(=O)CCc2nc(-c3ccncc3)no2)n[nH]1. The van der Waals surface area contributed by atoms with Crippen LogP contribution in [0.5, 0.6) is 5.75 Å². The maximum absolute atomic E-state index is 12.2. The van der Waals surface area contributed by atoms with E-state index >= 15 is 0 Å². The van der Waals surface area contributed by atoms with E-state index < -0.39 is 0 Å². The number of benzene rings is 1. The zero-order valence-electron chi connectivity index (χ0n) is 15.5. The number of nitrogens with one attached hydrogen (secondary N) is 2. The maximum atomic E-state index is 12.2. The van der Waals surface area contributed by atoms with Gasteiger partial charge in [-0.15, -0.1) is 5.10 Å². The van der Waals surface area contributed by atoms with E-state index in [1.54, 1.807) is 31.6 Å². The Kier molecular flexibility index (Phi) is 5.23. The first-order valence-electron chi connectivity index (χ1n) is 8.81. The lowest BCUT2D eigenvalue weighted by Crippen LogP contribution is -2.13. The smallest absolute Gasteiger partial charge is 0.249 e. The third-order valence-electron chi connectivity index (χ3n) is 4.07. The summed E-state index contributed by atoms with van der Waals surface area (Å²) in [7, 11) is 1.58. The number of aryl methyl sites for hydroxylation is 1. The van der Waals surface area contributed by atoms with Crippen LogP contribution in [-0.2, 0) is 11.2 Å². The first kappa shape index (κ1) is 18.3. The van der Waals surface area contributed by atoms with Gasteiger partial charge in [0, 0.05) is 30.8 Å². The second-order valence-corrected chi connectivity index (χ2v) is 6.00. The van der Waals surface area contributed by atoms with Gasteiger partial charge >= 0.3 is 0 Å². The van der Waals surface area contributed by atoms with Crippen molar-refractivity contribution in [1.29, 1.82) is 0 Å². The van der Waals surface area contributed by atoms with Crippen LogP contribution < -0.4 is 10.1 Å². The van der Waals surface area contributed by atoms with E-state index in [-0.39, 0.29) is 18.3 Å². The van der Waals surface area contributed by atoms with Gasteiger partial charge in [-0.3, -0.25) is 20.2 Å². The molecule has 0 aliphatic heterocycles. The third kappa shape index (κ3) is 4.26. The van der Waals surface area contributed by atoms with Crippen molar-refractivity contribution in [2.24, 2.45) is 0 Å². The van der Waals surface area contributed by atoms with Crippen molar-refractivity contribution in [3.8, 4) is 28.5 Å². The number of aromatic amines is 1. The molecule has 1 aromatic carbocycles. The molecule has 0 unspecified atom stereocenters. The monoisotopic (exact) mass is 391 g/mol. The summed E-state index contributed by atoms with van der Waals surface area (Å²) in [6, 6.07) is 11.0. The van der Waals surface area contributed by atoms with Crippen LogP contribution in [0.4, 0.5) is 5.95 Å². The van der Waals surface area contributed by atoms with Crippen molar-refractivity contribution in [3.05, 3.63) is 54.7 Å². The van der Waals surface area contributed by atoms with E-state index in [1.807, 2.05) is 24.3 Å². The number of aromatic nitrogens is 6. The molecule has 3 heterocycles. The molecule has 146 valence electrons. The zero-order chi connectivity index (χ0) is 20.1. The Bertz CT molecular complexity index is 1110. The summed E-state index contributed by atoms with van der Waals surface area (Å²) in [6.45, 7) is 0. The molecule has 0 bridgehead atoms. The summed E-state index contributed by atoms with van der Waals surface area (Å²) in [5.74, 6) is 1.90. The highest BCUT2D eigenvalue weighted by Gasteiger charge is 2.14. The van der Waals surface area contributed by atoms with Gasteiger partial charge in [-0.1, -0.05) is 17.3 Å². The number of ether oxygens (including phenoxy) is 1. The second-order valence-electron chi connectivity index (χ2n) is 6.00. The van der Waals surface area contributed by atoms with Crippen LogP contribution in [0.15, 0.2) is 53.3 Å². The van der Waals surface area contributed by atoms with E-state index in [0.717, 1.165) is 11.1 Å². The van der Waals surface area contributed by atoms with E-state index in [4.69, 9.17) is 9.26 Å². The highest BCUT2D eigenvalue weighted by Crippen LogP contribution is 2.27. The van der Waals surface area contributed by atoms with Crippen molar-refractivity contribution in [3.63, 3.8) is 0 Å². The van der Waals surface area contributed by atoms with Crippen molar-refractivity contribution >= 4 is 11.9 Å². The van der Waals surface area contributed by atoms with Gasteiger partial charge in [-0.25, -0.2) is 0 Å². The normalized spacial score (nSPS) is 10.7. The van der Waals surface area contributed by atoms with Gasteiger partial charge in [0.05, 0.1) is 12.7 Å². The molecule has 0 saturated heterocycles. The number of methoxy groups -OCH3 is 1. The molecule has 0 saturated carbocycles. The summed E-state index contributed by atoms with van der Waals surface area (Å²) in [5, 5.41) is 13.4. The number of nitrogens with zero attached hydrogens (tertiary/aromatic N) is 5. The van der Waals surface area contributed by atoms with Crippen LogP contribution in [0, 0.1) is 0 Å². The quantitative estimate of drug-likeness (QED) is 0.491. The molecule has 4 aromatic rings. The van der Waals surface area contributed by atoms with Gasteiger partial charge in [0.1, 0.15) is 5.75 Å². The number of rotatable bonds is 7. The number of carbonyl (C=O) groups excluding carboxylic acids is 1. The second kappa shape index (κ2) is 8.30. The number of hydrogen-bond acceptors (Lipinski definition) is 8. The molecule has 1 amide bonds. The Hall–Kier alpha value is -4.08. The number of anilines is 1. The van der Waals surface area contributed by atoms with Crippen molar-refractivity contribution in [2.75, 3.05) is 12.4 Å². The molecular weight excluding hydrogens is 374 g/mol. The van der Waals surface area contributed by atoms with Gasteiger partial charge in [-0.2, -0.15) is 9.97 Å². The predicted molar refractivity (Wildman–Crippen MR) is 103 cm³/mol. The molecule has 0 spiro atoms. The summed E-state index contributed by atoms with van der Waals surface area (Å²) < 4.78 is 10.5. The molecule has 0 fully saturated rings. The van der Waals surface area contributed by atoms with Crippen LogP contribution in [-0.4, -0.2) is 43.3 Å². The number of H-pyrrole nitrogens is 1. The van der Waals surface area contributed by atoms with Gasteiger partial charge < -0.3 is 9.26 Å². The van der Waals surface area contributed by atoms with Crippen LogP contribution in [0.25, 0.3) is 22.8 Å². The predicted octanol–water partition coefficient (Wildman–Crippen LogP) is 2.50. The molecule has 10 heteroatoms. The fraction of sp³-hybridized carbons (Fsp3) is 0.158. The molecule has 0 atom stereocenters. The van der Waals surface area contributed by atoms with Crippen LogP contribution in [0.2, 0.25) is 0 Å². The highest BCUT2D eigenvalue weighted by atomic mass is 16.5. The molecule has 0 radical (unpaired) electrons. The van der Waals surface area contributed by atoms with Gasteiger partial charge in [0.15, 0.2) is 5.82 Å². The Morgan fingerprint density at radius 2 is 2.00 bits per heavy atom. The lowest BCUT2D eigenvalue weighted by Gasteiger charge is -2.04. The van der Waals surface area contributed by atoms with Crippen LogP contribution >= 0.6 is 0 Å². The average Bonchev–Trinajstić information content (AvgIpc) is 3.43. The molecule has 3 aromatic heterocycles. The lowest BCUT2D eigenvalue weighted by molar-refractivity contribution is -0.116. The molecule has 4 rings (SSSR count). The maximum Gasteiger partial charge on any atom is 0.249 e. The Morgan fingerprint density at radius 3 is 2.83 bits per heavy atom. The number of carbonyl (C=O) groups is 1. The highest BCUT2D eigenvalue weighted by molar-refractivity contribution is 5.89. The third-order valence-corrected chi connectivity index (χ3v) is 4.07. The minimum absolute atomic E-state index is 0.149. The molecule has 0 aliphatic rings. The summed E-state index contributed by atoms with van der Waals surface area (Å²) >= 11 is 0. The van der Waals surface area contributed by atoms with Crippen molar-refractivity contribution in [2.45, 2.75) is 12.8 Å². The number of pyridine rings is 1. The number of hydrogen-bond donors (Lipinski definition) is 2. The Labute approximate surface area is 165 Å². The van der Waals surface area contributed by atoms with Gasteiger partial charge in [0.2, 0.25) is 23.6 Å². The minimum Gasteiger partial charge on any atom is -0.496 e. The van der Waals surface area contributed by atoms with E-state index in [1.165, 1.54) is 0 Å². The van der Waals surface area contributed by atoms with E-state index in [9.17, 15) is 4.79 Å². The minimum atomic E-state index is -0.265. The van der Waals surface area contributed by atoms with Gasteiger partial charge in [-0.05, 0) is 24.3 Å². The first-order valence-corrected chi connectivity index (χ1v) is 8.81. The topological polar surface area (TPSA) is 132 Å². The van der Waals surface area contributed by atoms with Crippen molar-refractivity contribution < 1.29 is 14.1 Å². The molecule has 29 heavy (non-hydrogen) atoms. The summed E-state index contributed by atoms with van der Waals surface area (Å²) in [5.41, 5.74) is 1.54. The fourth-order valence-electron chi connectivity index (χ4n) is 2.66. The first-order chi connectivity index (χ1) is 14.2. The number of para-hydroxylation sites is 1. The summed E-state index contributed by atoms with van der Waals surface area (Å²) in [4.78, 5) is 24.7. The zero-order valence-corrected chi connectivity index (χ0v) is 15.5. The Morgan fingerprint density at radius 1 is 1.17 bits per heavy atom. The average molecular weight is 391 g/mol.